The highest BCUT2D eigenvalue weighted by molar-refractivity contribution is 6.17. The van der Waals surface area contributed by atoms with Gasteiger partial charge < -0.3 is 9.47 Å². The van der Waals surface area contributed by atoms with Crippen molar-refractivity contribution < 1.29 is 0 Å². The van der Waals surface area contributed by atoms with Gasteiger partial charge in [-0.05, 0) is 87.0 Å². The predicted octanol–water partition coefficient (Wildman–Crippen LogP) is 14.5. The van der Waals surface area contributed by atoms with Crippen LogP contribution in [0.15, 0.2) is 182 Å². The van der Waals surface area contributed by atoms with Gasteiger partial charge in [-0.1, -0.05) is 167 Å². The zero-order valence-electron chi connectivity index (χ0n) is 32.2. The largest absolute Gasteiger partial charge is 0.309 e. The number of fused-ring (bicyclic) bond motifs is 9. The Morgan fingerprint density at radius 3 is 1.73 bits per heavy atom. The zero-order chi connectivity index (χ0) is 37.8. The van der Waals surface area contributed by atoms with Gasteiger partial charge in [0.2, 0.25) is 0 Å². The molecule has 2 nitrogen and oxygen atoms in total. The lowest BCUT2D eigenvalue weighted by Gasteiger charge is -2.35. The minimum Gasteiger partial charge on any atom is -0.309 e. The molecule has 2 heteroatoms. The number of hydrogen-bond acceptors (Lipinski definition) is 1. The van der Waals surface area contributed by atoms with Crippen LogP contribution < -0.4 is 4.90 Å². The van der Waals surface area contributed by atoms with Gasteiger partial charge in [0, 0.05) is 38.4 Å². The molecule has 0 saturated carbocycles. The van der Waals surface area contributed by atoms with Crippen LogP contribution in [-0.2, 0) is 10.8 Å². The summed E-state index contributed by atoms with van der Waals surface area (Å²) in [4.78, 5) is 2.61. The third-order valence-corrected chi connectivity index (χ3v) is 12.8. The Bertz CT molecular complexity index is 3030. The Kier molecular flexibility index (Phi) is 6.98. The van der Waals surface area contributed by atoms with Crippen molar-refractivity contribution in [1.29, 1.82) is 0 Å². The maximum atomic E-state index is 2.61. The molecule has 0 N–H and O–H groups in total. The van der Waals surface area contributed by atoms with Crippen molar-refractivity contribution in [2.75, 3.05) is 4.90 Å². The Morgan fingerprint density at radius 2 is 0.911 bits per heavy atom. The number of para-hydroxylation sites is 3. The average molecular weight is 719 g/mol. The van der Waals surface area contributed by atoms with Crippen LogP contribution in [0.5, 0.6) is 0 Å². The van der Waals surface area contributed by atoms with E-state index in [-0.39, 0.29) is 10.8 Å². The molecule has 9 aromatic rings. The quantitative estimate of drug-likeness (QED) is 0.172. The number of rotatable bonds is 5. The topological polar surface area (TPSA) is 8.17 Å². The molecule has 0 amide bonds. The summed E-state index contributed by atoms with van der Waals surface area (Å²) in [6, 6.07) is 67.5. The van der Waals surface area contributed by atoms with Crippen molar-refractivity contribution in [3.8, 4) is 39.1 Å². The maximum Gasteiger partial charge on any atom is 0.0547 e. The van der Waals surface area contributed by atoms with Crippen molar-refractivity contribution in [2.45, 2.75) is 38.5 Å². The highest BCUT2D eigenvalue weighted by atomic mass is 15.2. The molecule has 0 spiro atoms. The van der Waals surface area contributed by atoms with Gasteiger partial charge in [0.05, 0.1) is 28.1 Å². The Labute approximate surface area is 328 Å². The average Bonchev–Trinajstić information content (AvgIpc) is 3.79. The SMILES string of the molecule is CC1(C)c2ccccc2-c2c(N(c3ccccc3-c3cccc4c3c3ccccc3n4-c3ccccc3)c3cccc4c3C(C)(C)c3ccccc3-4)cccc21. The standard InChI is InChI=1S/C54H42N2/c1-53(2)43-28-13-9-23-40(43)51-44(53)29-18-33-48(51)56(49-34-17-26-39-36-21-8-12-27-42(36)54(3,4)52(39)49)45-30-14-10-22-37(45)38-25-16-32-47-50(38)41-24-11-15-31-46(41)55(47)35-19-6-5-7-20-35/h5-34H,1-4H3. The summed E-state index contributed by atoms with van der Waals surface area (Å²) in [6.45, 7) is 9.56. The summed E-state index contributed by atoms with van der Waals surface area (Å²) < 4.78 is 2.42. The van der Waals surface area contributed by atoms with Crippen LogP contribution in [0.4, 0.5) is 17.1 Å². The van der Waals surface area contributed by atoms with E-state index in [4.69, 9.17) is 0 Å². The van der Waals surface area contributed by atoms with Crippen molar-refractivity contribution in [3.05, 3.63) is 204 Å². The summed E-state index contributed by atoms with van der Waals surface area (Å²) in [5, 5.41) is 2.51. The first-order valence-corrected chi connectivity index (χ1v) is 19.8. The Morgan fingerprint density at radius 1 is 0.375 bits per heavy atom. The first-order chi connectivity index (χ1) is 27.4. The van der Waals surface area contributed by atoms with Gasteiger partial charge >= 0.3 is 0 Å². The summed E-state index contributed by atoms with van der Waals surface area (Å²) in [5.74, 6) is 0. The molecule has 0 bridgehead atoms. The normalized spacial score (nSPS) is 14.4. The van der Waals surface area contributed by atoms with Gasteiger partial charge in [0.15, 0.2) is 0 Å². The molecule has 0 radical (unpaired) electrons. The smallest absolute Gasteiger partial charge is 0.0547 e. The number of aromatic nitrogens is 1. The Hall–Kier alpha value is -6.64. The van der Waals surface area contributed by atoms with E-state index in [0.717, 1.165) is 11.4 Å². The van der Waals surface area contributed by atoms with Gasteiger partial charge in [-0.25, -0.2) is 0 Å². The van der Waals surface area contributed by atoms with Crippen molar-refractivity contribution in [1.82, 2.24) is 4.57 Å². The highest BCUT2D eigenvalue weighted by Gasteiger charge is 2.41. The van der Waals surface area contributed by atoms with Gasteiger partial charge in [0.1, 0.15) is 0 Å². The van der Waals surface area contributed by atoms with Crippen molar-refractivity contribution >= 4 is 38.9 Å². The highest BCUT2D eigenvalue weighted by Crippen LogP contribution is 2.59. The molecular formula is C54H42N2. The molecule has 8 aromatic carbocycles. The van der Waals surface area contributed by atoms with E-state index >= 15 is 0 Å². The van der Waals surface area contributed by atoms with Crippen molar-refractivity contribution in [2.24, 2.45) is 0 Å². The van der Waals surface area contributed by atoms with Gasteiger partial charge in [0.25, 0.3) is 0 Å². The first-order valence-electron chi connectivity index (χ1n) is 19.8. The minimum absolute atomic E-state index is 0.133. The van der Waals surface area contributed by atoms with Crippen LogP contribution >= 0.6 is 0 Å². The molecule has 0 saturated heterocycles. The number of benzene rings is 8. The fourth-order valence-corrected chi connectivity index (χ4v) is 10.3. The van der Waals surface area contributed by atoms with Gasteiger partial charge in [-0.3, -0.25) is 0 Å². The molecule has 2 aliphatic carbocycles. The summed E-state index contributed by atoms with van der Waals surface area (Å²) in [6.07, 6.45) is 0. The molecule has 1 aromatic heterocycles. The number of hydrogen-bond donors (Lipinski definition) is 0. The van der Waals surface area contributed by atoms with E-state index in [2.05, 4.69) is 219 Å². The van der Waals surface area contributed by atoms with Gasteiger partial charge in [-0.2, -0.15) is 0 Å². The second kappa shape index (κ2) is 11.9. The molecule has 0 aliphatic heterocycles. The summed E-state index contributed by atoms with van der Waals surface area (Å²) in [5.41, 5.74) is 19.9. The number of anilines is 3. The molecule has 2 aliphatic rings. The van der Waals surface area contributed by atoms with Crippen LogP contribution in [0.1, 0.15) is 49.9 Å². The summed E-state index contributed by atoms with van der Waals surface area (Å²) in [7, 11) is 0. The molecule has 0 fully saturated rings. The van der Waals surface area contributed by atoms with Gasteiger partial charge in [-0.15, -0.1) is 0 Å². The second-order valence-corrected chi connectivity index (χ2v) is 16.5. The van der Waals surface area contributed by atoms with Crippen molar-refractivity contribution in [3.63, 3.8) is 0 Å². The van der Waals surface area contributed by atoms with E-state index in [1.54, 1.807) is 0 Å². The molecule has 0 unspecified atom stereocenters. The molecule has 0 atom stereocenters. The van der Waals surface area contributed by atoms with Crippen LogP contribution in [0.2, 0.25) is 0 Å². The molecule has 11 rings (SSSR count). The minimum atomic E-state index is -0.214. The lowest BCUT2D eigenvalue weighted by Crippen LogP contribution is -2.21. The van der Waals surface area contributed by atoms with E-state index in [1.165, 1.54) is 88.8 Å². The monoisotopic (exact) mass is 718 g/mol. The summed E-state index contributed by atoms with van der Waals surface area (Å²) >= 11 is 0. The van der Waals surface area contributed by atoms with E-state index < -0.39 is 0 Å². The molecule has 268 valence electrons. The molecule has 56 heavy (non-hydrogen) atoms. The lowest BCUT2D eigenvalue weighted by atomic mass is 9.81. The Balaban J connectivity index is 1.25. The third kappa shape index (κ3) is 4.44. The van der Waals surface area contributed by atoms with E-state index in [0.29, 0.717) is 0 Å². The van der Waals surface area contributed by atoms with Crippen LogP contribution in [0.25, 0.3) is 60.9 Å². The fourth-order valence-electron chi connectivity index (χ4n) is 10.3. The van der Waals surface area contributed by atoms with Crippen LogP contribution in [0.3, 0.4) is 0 Å². The van der Waals surface area contributed by atoms with E-state index in [9.17, 15) is 0 Å². The molecule has 1 heterocycles. The first kappa shape index (κ1) is 32.8. The van der Waals surface area contributed by atoms with E-state index in [1.807, 2.05) is 0 Å². The second-order valence-electron chi connectivity index (χ2n) is 16.5. The molecular weight excluding hydrogens is 677 g/mol. The predicted molar refractivity (Wildman–Crippen MR) is 236 cm³/mol. The number of nitrogens with zero attached hydrogens (tertiary/aromatic N) is 2. The van der Waals surface area contributed by atoms with Crippen LogP contribution in [-0.4, -0.2) is 4.57 Å². The fraction of sp³-hybridized carbons (Fsp3) is 0.111. The lowest BCUT2D eigenvalue weighted by molar-refractivity contribution is 0.659. The maximum absolute atomic E-state index is 2.61. The van der Waals surface area contributed by atoms with Crippen LogP contribution in [0, 0.1) is 0 Å². The third-order valence-electron chi connectivity index (χ3n) is 12.8. The zero-order valence-corrected chi connectivity index (χ0v) is 32.2.